The van der Waals surface area contributed by atoms with E-state index in [-0.39, 0.29) is 18.0 Å². The van der Waals surface area contributed by atoms with Crippen LogP contribution in [0.15, 0.2) is 17.3 Å². The van der Waals surface area contributed by atoms with Crippen LogP contribution in [-0.4, -0.2) is 47.0 Å². The number of aliphatic carboxylic acids is 1. The Kier molecular flexibility index (Phi) is 4.21. The first kappa shape index (κ1) is 13.6. The van der Waals surface area contributed by atoms with Crippen LogP contribution in [0.3, 0.4) is 0 Å². The normalized spacial score (nSPS) is 13.5. The number of hydrogen-bond acceptors (Lipinski definition) is 5. The summed E-state index contributed by atoms with van der Waals surface area (Å²) in [5, 5.41) is 21.0. The zero-order valence-corrected chi connectivity index (χ0v) is 9.88. The number of nitrogens with zero attached hydrogens (tertiary/aromatic N) is 2. The van der Waals surface area contributed by atoms with E-state index in [1.165, 1.54) is 24.0 Å². The molecule has 0 aliphatic heterocycles. The number of aromatic nitrogens is 2. The summed E-state index contributed by atoms with van der Waals surface area (Å²) in [5.74, 6) is -1.38. The van der Waals surface area contributed by atoms with Gasteiger partial charge in [0.1, 0.15) is 0 Å². The first-order valence-corrected chi connectivity index (χ1v) is 6.21. The number of aliphatic hydroxyl groups excluding tert-OH is 1. The fraction of sp³-hybridized carbons (Fsp3) is 0.500. The summed E-state index contributed by atoms with van der Waals surface area (Å²) in [4.78, 5) is 10.3. The average molecular weight is 263 g/mol. The van der Waals surface area contributed by atoms with Gasteiger partial charge in [-0.1, -0.05) is 0 Å². The minimum absolute atomic E-state index is 0.0256. The standard InChI is InChI=1S/C8H13N3O5S/c1-11-7(3-4-9-11)17(15,16)10-5-2-6(12)8(13)14/h3-4,6,10,12H,2,5H2,1H3,(H,13,14)/t6-/m0/s1. The molecule has 0 aromatic carbocycles. The number of carbonyl (C=O) groups is 1. The third-order valence-electron chi connectivity index (χ3n) is 2.05. The van der Waals surface area contributed by atoms with Gasteiger partial charge in [-0.2, -0.15) is 5.10 Å². The van der Waals surface area contributed by atoms with Crippen molar-refractivity contribution < 1.29 is 23.4 Å². The number of nitrogens with one attached hydrogen (secondary N) is 1. The highest BCUT2D eigenvalue weighted by atomic mass is 32.2. The van der Waals surface area contributed by atoms with Crippen LogP contribution >= 0.6 is 0 Å². The second-order valence-electron chi connectivity index (χ2n) is 3.33. The van der Waals surface area contributed by atoms with Gasteiger partial charge in [0.05, 0.1) is 6.20 Å². The molecule has 1 rings (SSSR count). The quantitative estimate of drug-likeness (QED) is 0.576. The smallest absolute Gasteiger partial charge is 0.332 e. The van der Waals surface area contributed by atoms with E-state index in [1.807, 2.05) is 0 Å². The summed E-state index contributed by atoms with van der Waals surface area (Å²) in [7, 11) is -2.25. The Hall–Kier alpha value is -1.45. The highest BCUT2D eigenvalue weighted by Gasteiger charge is 2.19. The molecule has 1 aromatic heterocycles. The molecule has 0 radical (unpaired) electrons. The molecule has 8 nitrogen and oxygen atoms in total. The second kappa shape index (κ2) is 5.25. The van der Waals surface area contributed by atoms with Gasteiger partial charge in [-0.05, 0) is 12.5 Å². The van der Waals surface area contributed by atoms with Crippen molar-refractivity contribution in [3.63, 3.8) is 0 Å². The van der Waals surface area contributed by atoms with E-state index in [0.717, 1.165) is 0 Å². The van der Waals surface area contributed by atoms with Crippen molar-refractivity contribution in [2.24, 2.45) is 7.05 Å². The highest BCUT2D eigenvalue weighted by molar-refractivity contribution is 7.89. The van der Waals surface area contributed by atoms with E-state index in [2.05, 4.69) is 9.82 Å². The molecule has 17 heavy (non-hydrogen) atoms. The van der Waals surface area contributed by atoms with E-state index in [1.54, 1.807) is 0 Å². The molecule has 1 aromatic rings. The number of aliphatic hydroxyl groups is 1. The molecular weight excluding hydrogens is 250 g/mol. The highest BCUT2D eigenvalue weighted by Crippen LogP contribution is 2.05. The largest absolute Gasteiger partial charge is 0.479 e. The molecule has 0 bridgehead atoms. The lowest BCUT2D eigenvalue weighted by Crippen LogP contribution is -2.31. The first-order valence-electron chi connectivity index (χ1n) is 4.73. The Labute approximate surface area is 97.9 Å². The van der Waals surface area contributed by atoms with Gasteiger partial charge in [0.15, 0.2) is 11.1 Å². The van der Waals surface area contributed by atoms with E-state index in [4.69, 9.17) is 10.2 Å². The van der Waals surface area contributed by atoms with Crippen LogP contribution in [0.5, 0.6) is 0 Å². The van der Waals surface area contributed by atoms with Crippen LogP contribution in [0, 0.1) is 0 Å². The lowest BCUT2D eigenvalue weighted by atomic mass is 10.3. The molecule has 0 spiro atoms. The number of aryl methyl sites for hydroxylation is 1. The van der Waals surface area contributed by atoms with Crippen LogP contribution in [0.2, 0.25) is 0 Å². The SMILES string of the molecule is Cn1nccc1S(=O)(=O)NCC[C@H](O)C(=O)O. The number of hydrogen-bond donors (Lipinski definition) is 3. The van der Waals surface area contributed by atoms with E-state index < -0.39 is 22.1 Å². The summed E-state index contributed by atoms with van der Waals surface area (Å²) in [6, 6.07) is 1.32. The number of rotatable bonds is 6. The van der Waals surface area contributed by atoms with Crippen LogP contribution in [0.1, 0.15) is 6.42 Å². The molecular formula is C8H13N3O5S. The molecule has 0 unspecified atom stereocenters. The van der Waals surface area contributed by atoms with Gasteiger partial charge in [0.2, 0.25) is 0 Å². The predicted octanol–water partition coefficient (Wildman–Crippen LogP) is -1.47. The molecule has 0 aliphatic rings. The zero-order chi connectivity index (χ0) is 13.1. The van der Waals surface area contributed by atoms with Gasteiger partial charge in [0, 0.05) is 13.6 Å². The summed E-state index contributed by atoms with van der Waals surface area (Å²) in [5.41, 5.74) is 0. The fourth-order valence-corrected chi connectivity index (χ4v) is 2.32. The summed E-state index contributed by atoms with van der Waals surface area (Å²) < 4.78 is 26.7. The molecule has 0 saturated carbocycles. The van der Waals surface area contributed by atoms with Crippen molar-refractivity contribution >= 4 is 16.0 Å². The van der Waals surface area contributed by atoms with Crippen molar-refractivity contribution in [2.45, 2.75) is 17.6 Å². The van der Waals surface area contributed by atoms with Gasteiger partial charge >= 0.3 is 5.97 Å². The van der Waals surface area contributed by atoms with Gasteiger partial charge in [-0.25, -0.2) is 17.9 Å². The van der Waals surface area contributed by atoms with Crippen LogP contribution < -0.4 is 4.72 Å². The molecule has 1 heterocycles. The maximum absolute atomic E-state index is 11.7. The molecule has 96 valence electrons. The van der Waals surface area contributed by atoms with Crippen molar-refractivity contribution in [1.29, 1.82) is 0 Å². The molecule has 0 fully saturated rings. The second-order valence-corrected chi connectivity index (χ2v) is 5.05. The molecule has 1 atom stereocenters. The minimum Gasteiger partial charge on any atom is -0.479 e. The Morgan fingerprint density at radius 1 is 1.65 bits per heavy atom. The van der Waals surface area contributed by atoms with Crippen molar-refractivity contribution in [3.8, 4) is 0 Å². The Morgan fingerprint density at radius 3 is 2.76 bits per heavy atom. The Morgan fingerprint density at radius 2 is 2.29 bits per heavy atom. The van der Waals surface area contributed by atoms with Gasteiger partial charge < -0.3 is 10.2 Å². The topological polar surface area (TPSA) is 122 Å². The molecule has 3 N–H and O–H groups in total. The summed E-state index contributed by atoms with van der Waals surface area (Å²) in [6.45, 7) is -0.166. The summed E-state index contributed by atoms with van der Waals surface area (Å²) >= 11 is 0. The number of carboxylic acid groups (broad SMARTS) is 1. The first-order chi connectivity index (χ1) is 7.84. The van der Waals surface area contributed by atoms with Crippen molar-refractivity contribution in [3.05, 3.63) is 12.3 Å². The fourth-order valence-electron chi connectivity index (χ4n) is 1.15. The monoisotopic (exact) mass is 263 g/mol. The van der Waals surface area contributed by atoms with Gasteiger partial charge in [-0.15, -0.1) is 0 Å². The Bertz CT molecular complexity index is 495. The van der Waals surface area contributed by atoms with E-state index in [9.17, 15) is 13.2 Å². The van der Waals surface area contributed by atoms with Crippen LogP contribution in [0.4, 0.5) is 0 Å². The lowest BCUT2D eigenvalue weighted by Gasteiger charge is -2.08. The summed E-state index contributed by atoms with van der Waals surface area (Å²) in [6.07, 6.45) is -0.447. The van der Waals surface area contributed by atoms with E-state index in [0.29, 0.717) is 0 Å². The molecule has 9 heteroatoms. The lowest BCUT2D eigenvalue weighted by molar-refractivity contribution is -0.146. The number of sulfonamides is 1. The molecule has 0 amide bonds. The third-order valence-corrected chi connectivity index (χ3v) is 3.58. The maximum Gasteiger partial charge on any atom is 0.332 e. The average Bonchev–Trinajstić information content (AvgIpc) is 2.64. The zero-order valence-electron chi connectivity index (χ0n) is 9.07. The van der Waals surface area contributed by atoms with E-state index >= 15 is 0 Å². The van der Waals surface area contributed by atoms with Gasteiger partial charge in [0.25, 0.3) is 10.0 Å². The Balaban J connectivity index is 2.58. The molecule has 0 saturated heterocycles. The van der Waals surface area contributed by atoms with Crippen molar-refractivity contribution in [1.82, 2.24) is 14.5 Å². The molecule has 0 aliphatic carbocycles. The minimum atomic E-state index is -3.72. The van der Waals surface area contributed by atoms with Crippen LogP contribution in [-0.2, 0) is 21.9 Å². The maximum atomic E-state index is 11.7. The van der Waals surface area contributed by atoms with Gasteiger partial charge in [-0.3, -0.25) is 4.68 Å². The third kappa shape index (κ3) is 3.51. The predicted molar refractivity (Wildman–Crippen MR) is 56.7 cm³/mol. The number of carboxylic acids is 1. The van der Waals surface area contributed by atoms with Crippen LogP contribution in [0.25, 0.3) is 0 Å². The van der Waals surface area contributed by atoms with Crippen molar-refractivity contribution in [2.75, 3.05) is 6.54 Å².